The zero-order valence-electron chi connectivity index (χ0n) is 17.1. The number of aromatic nitrogens is 2. The van der Waals surface area contributed by atoms with Crippen molar-refractivity contribution in [1.29, 1.82) is 0 Å². The highest BCUT2D eigenvalue weighted by Gasteiger charge is 2.37. The van der Waals surface area contributed by atoms with Crippen LogP contribution in [0, 0.1) is 11.8 Å². The predicted octanol–water partition coefficient (Wildman–Crippen LogP) is 4.19. The normalized spacial score (nSPS) is 11.8. The molecule has 3 rings (SSSR count). The monoisotopic (exact) mass is 489 g/mol. The molecule has 0 bridgehead atoms. The smallest absolute Gasteiger partial charge is 0.419 e. The Morgan fingerprint density at radius 2 is 1.76 bits per heavy atom. The molecule has 0 fully saturated rings. The van der Waals surface area contributed by atoms with Gasteiger partial charge in [-0.2, -0.15) is 26.0 Å². The molecule has 0 unspecified atom stereocenters. The molecule has 3 aromatic rings. The minimum Gasteiger partial charge on any atom is -0.497 e. The minimum atomic E-state index is -5.17. The number of rotatable bonds is 7. The van der Waals surface area contributed by atoms with Gasteiger partial charge < -0.3 is 9.47 Å². The number of halogens is 5. The molecule has 2 heterocycles. The van der Waals surface area contributed by atoms with Crippen molar-refractivity contribution < 1.29 is 39.8 Å². The summed E-state index contributed by atoms with van der Waals surface area (Å²) in [5.41, 5.74) is -1.56. The van der Waals surface area contributed by atoms with Crippen LogP contribution in [0.2, 0.25) is 0 Å². The molecule has 0 aliphatic heterocycles. The third kappa shape index (κ3) is 5.13. The third-order valence-electron chi connectivity index (χ3n) is 4.45. The van der Waals surface area contributed by atoms with Crippen molar-refractivity contribution in [2.24, 2.45) is 0 Å². The van der Waals surface area contributed by atoms with E-state index in [1.54, 1.807) is 0 Å². The van der Waals surface area contributed by atoms with Crippen LogP contribution in [0.1, 0.15) is 11.1 Å². The van der Waals surface area contributed by atoms with Gasteiger partial charge in [-0.1, -0.05) is 6.07 Å². The number of ether oxygens (including phenoxy) is 2. The molecule has 1 aromatic carbocycles. The standard InChI is InChI=1S/C20H16F5N3O4S/c1-31-13-7-6-12(16(8-13)32-2)11-28(18-5-3-4-17(22)27-18)33(29,30)19-9-14(20(23,24)25)15(21)10-26-19/h3-10H,11H2,1-2H3. The Labute approximate surface area is 185 Å². The lowest BCUT2D eigenvalue weighted by Crippen LogP contribution is -2.32. The van der Waals surface area contributed by atoms with Crippen molar-refractivity contribution in [3.8, 4) is 11.5 Å². The Bertz CT molecular complexity index is 1270. The average Bonchev–Trinajstić information content (AvgIpc) is 2.76. The molecule has 33 heavy (non-hydrogen) atoms. The molecule has 0 amide bonds. The molecule has 0 saturated carbocycles. The van der Waals surface area contributed by atoms with Crippen molar-refractivity contribution in [2.45, 2.75) is 17.7 Å². The highest BCUT2D eigenvalue weighted by molar-refractivity contribution is 7.92. The second kappa shape index (κ2) is 9.17. The zero-order chi connectivity index (χ0) is 24.4. The van der Waals surface area contributed by atoms with Gasteiger partial charge in [0.2, 0.25) is 5.95 Å². The quantitative estimate of drug-likeness (QED) is 0.366. The van der Waals surface area contributed by atoms with E-state index in [0.717, 1.165) is 12.1 Å². The second-order valence-corrected chi connectivity index (χ2v) is 8.32. The van der Waals surface area contributed by atoms with Crippen LogP contribution in [0.3, 0.4) is 0 Å². The summed E-state index contributed by atoms with van der Waals surface area (Å²) in [4.78, 5) is 6.86. The number of sulfonamides is 1. The summed E-state index contributed by atoms with van der Waals surface area (Å²) < 4.78 is 104. The molecule has 0 N–H and O–H groups in total. The van der Waals surface area contributed by atoms with Crippen LogP contribution < -0.4 is 13.8 Å². The maximum absolute atomic E-state index is 13.8. The summed E-state index contributed by atoms with van der Waals surface area (Å²) in [5.74, 6) is -2.63. The SMILES string of the molecule is COc1ccc(CN(c2cccc(F)n2)S(=O)(=O)c2cc(C(F)(F)F)c(F)cn2)c(OC)c1. The van der Waals surface area contributed by atoms with Crippen LogP contribution in [-0.2, 0) is 22.7 Å². The Balaban J connectivity index is 2.17. The number of hydrogen-bond donors (Lipinski definition) is 0. The summed E-state index contributed by atoms with van der Waals surface area (Å²) in [7, 11) is -2.15. The van der Waals surface area contributed by atoms with Gasteiger partial charge in [-0.05, 0) is 30.3 Å². The van der Waals surface area contributed by atoms with Crippen molar-refractivity contribution in [2.75, 3.05) is 18.5 Å². The van der Waals surface area contributed by atoms with Gasteiger partial charge in [0.05, 0.1) is 32.5 Å². The van der Waals surface area contributed by atoms with Crippen molar-refractivity contribution >= 4 is 15.8 Å². The number of methoxy groups -OCH3 is 2. The Morgan fingerprint density at radius 3 is 2.36 bits per heavy atom. The van der Waals surface area contributed by atoms with Gasteiger partial charge in [-0.15, -0.1) is 0 Å². The first-order valence-electron chi connectivity index (χ1n) is 9.06. The second-order valence-electron chi connectivity index (χ2n) is 6.51. The topological polar surface area (TPSA) is 81.6 Å². The number of pyridine rings is 2. The fourth-order valence-electron chi connectivity index (χ4n) is 2.85. The molecular weight excluding hydrogens is 473 g/mol. The van der Waals surface area contributed by atoms with Gasteiger partial charge in [0.1, 0.15) is 17.3 Å². The Kier molecular flexibility index (Phi) is 6.72. The highest BCUT2D eigenvalue weighted by Crippen LogP contribution is 2.34. The van der Waals surface area contributed by atoms with E-state index in [0.29, 0.717) is 10.1 Å². The summed E-state index contributed by atoms with van der Waals surface area (Å²) in [6, 6.07) is 7.76. The molecule has 13 heteroatoms. The molecule has 0 aliphatic carbocycles. The zero-order valence-corrected chi connectivity index (χ0v) is 17.9. The number of hydrogen-bond acceptors (Lipinski definition) is 6. The molecule has 0 aliphatic rings. The van der Waals surface area contributed by atoms with Crippen LogP contribution in [-0.4, -0.2) is 32.6 Å². The first-order chi connectivity index (χ1) is 15.5. The summed E-state index contributed by atoms with van der Waals surface area (Å²) in [6.07, 6.45) is -5.01. The summed E-state index contributed by atoms with van der Waals surface area (Å²) in [5, 5.41) is -1.10. The summed E-state index contributed by atoms with van der Waals surface area (Å²) in [6.45, 7) is -0.521. The van der Waals surface area contributed by atoms with E-state index in [9.17, 15) is 30.4 Å². The molecule has 2 aromatic heterocycles. The molecule has 0 radical (unpaired) electrons. The number of nitrogens with zero attached hydrogens (tertiary/aromatic N) is 3. The fourth-order valence-corrected chi connectivity index (χ4v) is 4.19. The van der Waals surface area contributed by atoms with Gasteiger partial charge in [0, 0.05) is 11.6 Å². The highest BCUT2D eigenvalue weighted by atomic mass is 32.2. The van der Waals surface area contributed by atoms with Gasteiger partial charge in [0.25, 0.3) is 10.0 Å². The van der Waals surface area contributed by atoms with E-state index in [4.69, 9.17) is 9.47 Å². The van der Waals surface area contributed by atoms with Crippen molar-refractivity contribution in [3.63, 3.8) is 0 Å². The fraction of sp³-hybridized carbons (Fsp3) is 0.200. The predicted molar refractivity (Wildman–Crippen MR) is 106 cm³/mol. The first kappa shape index (κ1) is 24.2. The lowest BCUT2D eigenvalue weighted by molar-refractivity contribution is -0.140. The first-order valence-corrected chi connectivity index (χ1v) is 10.5. The lowest BCUT2D eigenvalue weighted by Gasteiger charge is -2.24. The van der Waals surface area contributed by atoms with E-state index >= 15 is 0 Å². The van der Waals surface area contributed by atoms with Crippen LogP contribution in [0.5, 0.6) is 11.5 Å². The van der Waals surface area contributed by atoms with E-state index < -0.39 is 50.9 Å². The van der Waals surface area contributed by atoms with Gasteiger partial charge in [0.15, 0.2) is 10.8 Å². The van der Waals surface area contributed by atoms with E-state index in [1.165, 1.54) is 38.5 Å². The van der Waals surface area contributed by atoms with E-state index in [1.807, 2.05) is 0 Å². The van der Waals surface area contributed by atoms with E-state index in [2.05, 4.69) is 9.97 Å². The van der Waals surface area contributed by atoms with Crippen LogP contribution in [0.4, 0.5) is 27.8 Å². The Morgan fingerprint density at radius 1 is 1.03 bits per heavy atom. The van der Waals surface area contributed by atoms with Crippen molar-refractivity contribution in [3.05, 3.63) is 71.6 Å². The maximum atomic E-state index is 13.8. The average molecular weight is 489 g/mol. The number of anilines is 1. The van der Waals surface area contributed by atoms with E-state index in [-0.39, 0.29) is 23.6 Å². The van der Waals surface area contributed by atoms with Crippen LogP contribution >= 0.6 is 0 Å². The molecule has 176 valence electrons. The molecule has 0 saturated heterocycles. The lowest BCUT2D eigenvalue weighted by atomic mass is 10.2. The molecule has 0 spiro atoms. The van der Waals surface area contributed by atoms with Gasteiger partial charge in [-0.3, -0.25) is 0 Å². The van der Waals surface area contributed by atoms with Crippen molar-refractivity contribution in [1.82, 2.24) is 9.97 Å². The summed E-state index contributed by atoms with van der Waals surface area (Å²) >= 11 is 0. The minimum absolute atomic E-state index is 0.0716. The largest absolute Gasteiger partial charge is 0.497 e. The number of benzene rings is 1. The third-order valence-corrected chi connectivity index (χ3v) is 6.10. The number of alkyl halides is 3. The van der Waals surface area contributed by atoms with Gasteiger partial charge >= 0.3 is 6.18 Å². The molecule has 7 nitrogen and oxygen atoms in total. The molecule has 0 atom stereocenters. The molecular formula is C20H16F5N3O4S. The maximum Gasteiger partial charge on any atom is 0.419 e. The van der Waals surface area contributed by atoms with Crippen LogP contribution in [0.25, 0.3) is 0 Å². The van der Waals surface area contributed by atoms with Crippen LogP contribution in [0.15, 0.2) is 53.7 Å². The van der Waals surface area contributed by atoms with Gasteiger partial charge in [-0.25, -0.2) is 18.7 Å². The Hall–Kier alpha value is -3.48.